The molecule has 0 aliphatic heterocycles. The molecule has 0 spiro atoms. The molecule has 3 nitrogen and oxygen atoms in total. The summed E-state index contributed by atoms with van der Waals surface area (Å²) in [5.74, 6) is 0. The molecule has 0 bridgehead atoms. The van der Waals surface area contributed by atoms with E-state index in [1.54, 1.807) is 6.33 Å². The summed E-state index contributed by atoms with van der Waals surface area (Å²) in [6.07, 6.45) is 2.59. The second-order valence-corrected chi connectivity index (χ2v) is 4.13. The number of aryl methyl sites for hydroxylation is 1. The van der Waals surface area contributed by atoms with Gasteiger partial charge >= 0.3 is 0 Å². The van der Waals surface area contributed by atoms with Gasteiger partial charge in [0, 0.05) is 18.1 Å². The Hall–Kier alpha value is -1.42. The minimum absolute atomic E-state index is 0.892. The van der Waals surface area contributed by atoms with Gasteiger partial charge < -0.3 is 5.32 Å². The van der Waals surface area contributed by atoms with E-state index in [1.807, 2.05) is 0 Å². The maximum absolute atomic E-state index is 4.07. The number of anilines is 1. The summed E-state index contributed by atoms with van der Waals surface area (Å²) in [6, 6.07) is 8.45. The van der Waals surface area contributed by atoms with Gasteiger partial charge in [-0.25, -0.2) is 4.98 Å². The van der Waals surface area contributed by atoms with Crippen molar-refractivity contribution in [3.05, 3.63) is 41.7 Å². The number of nitrogens with one attached hydrogen (secondary N) is 1. The normalized spacial score (nSPS) is 10.2. The summed E-state index contributed by atoms with van der Waals surface area (Å²) in [5.41, 5.74) is 2.73. The van der Waals surface area contributed by atoms with E-state index in [0.29, 0.717) is 0 Å². The predicted molar refractivity (Wildman–Crippen MR) is 63.3 cm³/mol. The first-order valence-corrected chi connectivity index (χ1v) is 5.68. The number of nitrogens with zero attached hydrogens (tertiary/aromatic N) is 2. The molecular formula is C11H13N3S. The lowest BCUT2D eigenvalue weighted by atomic mass is 10.1. The fraction of sp³-hybridized carbons (Fsp3) is 0.273. The number of benzene rings is 1. The minimum Gasteiger partial charge on any atom is -0.360 e. The molecule has 1 heterocycles. The highest BCUT2D eigenvalue weighted by Crippen LogP contribution is 2.09. The van der Waals surface area contributed by atoms with Crippen molar-refractivity contribution >= 4 is 16.7 Å². The quantitative estimate of drug-likeness (QED) is 0.858. The molecule has 0 saturated heterocycles. The van der Waals surface area contributed by atoms with E-state index in [2.05, 4.69) is 45.9 Å². The highest BCUT2D eigenvalue weighted by Gasteiger charge is 1.98. The molecule has 1 aromatic carbocycles. The zero-order valence-electron chi connectivity index (χ0n) is 8.60. The van der Waals surface area contributed by atoms with Gasteiger partial charge in [-0.2, -0.15) is 4.37 Å². The molecular weight excluding hydrogens is 206 g/mol. The third-order valence-corrected chi connectivity index (χ3v) is 2.92. The van der Waals surface area contributed by atoms with E-state index < -0.39 is 0 Å². The van der Waals surface area contributed by atoms with Gasteiger partial charge in [0.1, 0.15) is 6.33 Å². The van der Waals surface area contributed by atoms with Gasteiger partial charge in [0.2, 0.25) is 5.13 Å². The van der Waals surface area contributed by atoms with Crippen LogP contribution in [0.2, 0.25) is 0 Å². The van der Waals surface area contributed by atoms with E-state index in [9.17, 15) is 0 Å². The topological polar surface area (TPSA) is 37.8 Å². The summed E-state index contributed by atoms with van der Waals surface area (Å²) >= 11 is 1.39. The maximum Gasteiger partial charge on any atom is 0.202 e. The fourth-order valence-electron chi connectivity index (χ4n) is 1.45. The largest absolute Gasteiger partial charge is 0.360 e. The molecule has 1 aromatic heterocycles. The number of rotatable bonds is 4. The lowest BCUT2D eigenvalue weighted by molar-refractivity contribution is 1.00. The SMILES string of the molecule is Cc1ccccc1CCNc1ncns1. The molecule has 0 amide bonds. The number of aromatic nitrogens is 2. The summed E-state index contributed by atoms with van der Waals surface area (Å²) in [5, 5.41) is 4.14. The van der Waals surface area contributed by atoms with Crippen molar-refractivity contribution in [2.45, 2.75) is 13.3 Å². The minimum atomic E-state index is 0.892. The zero-order valence-corrected chi connectivity index (χ0v) is 9.42. The van der Waals surface area contributed by atoms with Gasteiger partial charge in [-0.3, -0.25) is 0 Å². The first kappa shape index (κ1) is 10.1. The van der Waals surface area contributed by atoms with Crippen LogP contribution in [-0.4, -0.2) is 15.9 Å². The molecule has 4 heteroatoms. The molecule has 0 aliphatic rings. The van der Waals surface area contributed by atoms with Crippen molar-refractivity contribution in [1.29, 1.82) is 0 Å². The second kappa shape index (κ2) is 4.89. The van der Waals surface area contributed by atoms with Crippen LogP contribution in [-0.2, 0) is 6.42 Å². The van der Waals surface area contributed by atoms with Crippen LogP contribution in [0.15, 0.2) is 30.6 Å². The van der Waals surface area contributed by atoms with E-state index in [4.69, 9.17) is 0 Å². The van der Waals surface area contributed by atoms with Crippen molar-refractivity contribution in [2.75, 3.05) is 11.9 Å². The molecule has 0 atom stereocenters. The molecule has 1 N–H and O–H groups in total. The van der Waals surface area contributed by atoms with Gasteiger partial charge in [-0.1, -0.05) is 24.3 Å². The molecule has 0 fully saturated rings. The first-order chi connectivity index (χ1) is 7.36. The van der Waals surface area contributed by atoms with Crippen LogP contribution in [0.3, 0.4) is 0 Å². The molecule has 2 aromatic rings. The van der Waals surface area contributed by atoms with Gasteiger partial charge in [0.05, 0.1) is 0 Å². The second-order valence-electron chi connectivity index (χ2n) is 3.35. The lowest BCUT2D eigenvalue weighted by Gasteiger charge is -2.05. The predicted octanol–water partition coefficient (Wildman–Crippen LogP) is 2.50. The smallest absolute Gasteiger partial charge is 0.202 e. The van der Waals surface area contributed by atoms with Crippen LogP contribution < -0.4 is 5.32 Å². The van der Waals surface area contributed by atoms with Gasteiger partial charge in [-0.15, -0.1) is 0 Å². The Morgan fingerprint density at radius 3 is 2.93 bits per heavy atom. The van der Waals surface area contributed by atoms with Crippen LogP contribution in [0, 0.1) is 6.92 Å². The van der Waals surface area contributed by atoms with Crippen molar-refractivity contribution in [3.63, 3.8) is 0 Å². The number of hydrogen-bond acceptors (Lipinski definition) is 4. The maximum atomic E-state index is 4.07. The Kier molecular flexibility index (Phi) is 3.29. The average Bonchev–Trinajstić information content (AvgIpc) is 2.74. The van der Waals surface area contributed by atoms with Crippen molar-refractivity contribution < 1.29 is 0 Å². The molecule has 78 valence electrons. The first-order valence-electron chi connectivity index (χ1n) is 4.91. The summed E-state index contributed by atoms with van der Waals surface area (Å²) in [7, 11) is 0. The third kappa shape index (κ3) is 2.76. The van der Waals surface area contributed by atoms with Crippen LogP contribution in [0.1, 0.15) is 11.1 Å². The molecule has 0 radical (unpaired) electrons. The molecule has 15 heavy (non-hydrogen) atoms. The van der Waals surface area contributed by atoms with E-state index in [-0.39, 0.29) is 0 Å². The Morgan fingerprint density at radius 1 is 1.33 bits per heavy atom. The fourth-order valence-corrected chi connectivity index (χ4v) is 1.90. The third-order valence-electron chi connectivity index (χ3n) is 2.29. The lowest BCUT2D eigenvalue weighted by Crippen LogP contribution is -2.05. The van der Waals surface area contributed by atoms with Crippen molar-refractivity contribution in [1.82, 2.24) is 9.36 Å². The Bertz CT molecular complexity index is 412. The zero-order chi connectivity index (χ0) is 10.5. The standard InChI is InChI=1S/C11H13N3S/c1-9-4-2-3-5-10(9)6-7-12-11-13-8-14-15-11/h2-5,8H,6-7H2,1H3,(H,12,13,14). The van der Waals surface area contributed by atoms with E-state index in [1.165, 1.54) is 22.7 Å². The highest BCUT2D eigenvalue weighted by molar-refractivity contribution is 7.09. The Labute approximate surface area is 93.4 Å². The van der Waals surface area contributed by atoms with Crippen LogP contribution in [0.25, 0.3) is 0 Å². The Balaban J connectivity index is 1.86. The Morgan fingerprint density at radius 2 is 2.20 bits per heavy atom. The van der Waals surface area contributed by atoms with Crippen molar-refractivity contribution in [3.8, 4) is 0 Å². The van der Waals surface area contributed by atoms with E-state index in [0.717, 1.165) is 18.1 Å². The van der Waals surface area contributed by atoms with Crippen LogP contribution in [0.4, 0.5) is 5.13 Å². The molecule has 0 aliphatic carbocycles. The van der Waals surface area contributed by atoms with Gasteiger partial charge in [0.25, 0.3) is 0 Å². The number of hydrogen-bond donors (Lipinski definition) is 1. The van der Waals surface area contributed by atoms with Crippen molar-refractivity contribution in [2.24, 2.45) is 0 Å². The molecule has 2 rings (SSSR count). The average molecular weight is 219 g/mol. The summed E-state index contributed by atoms with van der Waals surface area (Å²) < 4.78 is 3.93. The summed E-state index contributed by atoms with van der Waals surface area (Å²) in [6.45, 7) is 3.04. The van der Waals surface area contributed by atoms with Gasteiger partial charge in [0.15, 0.2) is 0 Å². The highest BCUT2D eigenvalue weighted by atomic mass is 32.1. The summed E-state index contributed by atoms with van der Waals surface area (Å²) in [4.78, 5) is 4.07. The van der Waals surface area contributed by atoms with Gasteiger partial charge in [-0.05, 0) is 24.5 Å². The van der Waals surface area contributed by atoms with Crippen LogP contribution >= 0.6 is 11.5 Å². The molecule has 0 saturated carbocycles. The monoisotopic (exact) mass is 219 g/mol. The van der Waals surface area contributed by atoms with Crippen LogP contribution in [0.5, 0.6) is 0 Å². The van der Waals surface area contributed by atoms with E-state index >= 15 is 0 Å². The molecule has 0 unspecified atom stereocenters.